The summed E-state index contributed by atoms with van der Waals surface area (Å²) >= 11 is 0. The summed E-state index contributed by atoms with van der Waals surface area (Å²) in [4.78, 5) is 11.3. The maximum absolute atomic E-state index is 13.7. The zero-order valence-corrected chi connectivity index (χ0v) is 16.4. The van der Waals surface area contributed by atoms with Gasteiger partial charge in [0.05, 0.1) is 20.4 Å². The molecule has 0 aliphatic heterocycles. The van der Waals surface area contributed by atoms with E-state index in [1.54, 1.807) is 0 Å². The molecule has 1 rings (SSSR count). The van der Waals surface area contributed by atoms with Crippen LogP contribution in [-0.4, -0.2) is 62.1 Å². The number of halogens is 13. The van der Waals surface area contributed by atoms with Crippen molar-refractivity contribution in [3.8, 4) is 11.5 Å². The van der Waals surface area contributed by atoms with Gasteiger partial charge in [-0.05, 0) is 18.2 Å². The topological polar surface area (TPSA) is 59.9 Å². The molecule has 18 heteroatoms. The van der Waals surface area contributed by atoms with Crippen molar-refractivity contribution in [3.05, 3.63) is 23.8 Å². The monoisotopic (exact) mass is 526 g/mol. The van der Waals surface area contributed by atoms with E-state index < -0.39 is 41.7 Å². The number of nitrogens with one attached hydrogen (secondary N) is 1. The van der Waals surface area contributed by atoms with Gasteiger partial charge in [0.25, 0.3) is 0 Å². The third-order valence-corrected chi connectivity index (χ3v) is 4.03. The minimum absolute atomic E-state index is 0.0814. The lowest BCUT2D eigenvalue weighted by Crippen LogP contribution is -2.71. The van der Waals surface area contributed by atoms with E-state index in [2.05, 4.69) is 5.10 Å². The lowest BCUT2D eigenvalue weighted by atomic mass is 9.93. The van der Waals surface area contributed by atoms with Crippen LogP contribution in [0.2, 0.25) is 0 Å². The van der Waals surface area contributed by atoms with Crippen molar-refractivity contribution in [2.45, 2.75) is 35.8 Å². The van der Waals surface area contributed by atoms with E-state index in [4.69, 9.17) is 9.47 Å². The first-order chi connectivity index (χ1) is 15.1. The number of hydrogen-bond acceptors (Lipinski definition) is 4. The summed E-state index contributed by atoms with van der Waals surface area (Å²) < 4.78 is 179. The number of rotatable bonds is 9. The van der Waals surface area contributed by atoms with E-state index >= 15 is 0 Å². The summed E-state index contributed by atoms with van der Waals surface area (Å²) in [5.74, 6) is -42.3. The fourth-order valence-corrected chi connectivity index (χ4v) is 2.08. The van der Waals surface area contributed by atoms with Gasteiger partial charge in [-0.2, -0.15) is 62.2 Å². The number of benzene rings is 1. The van der Waals surface area contributed by atoms with Crippen molar-refractivity contribution < 1.29 is 71.3 Å². The van der Waals surface area contributed by atoms with Gasteiger partial charge in [0.2, 0.25) is 0 Å². The van der Waals surface area contributed by atoms with E-state index in [9.17, 15) is 61.9 Å². The standard InChI is InChI=1S/C16H11F13N2O3/c1-33-8-3-4-9(34-2)7(5-8)6-30-31-10(32)11(17,18)12(19,20)13(21,22)14(23,24)15(25,26)16(27,28)29/h3-6H,1-2H3,(H,31,32). The van der Waals surface area contributed by atoms with Crippen LogP contribution < -0.4 is 14.9 Å². The SMILES string of the molecule is COc1ccc(OC)c(C=NNC(=O)C(F)(F)C(F)(F)C(F)(F)C(F)(F)C(F)(F)C(F)(F)F)c1. The van der Waals surface area contributed by atoms with E-state index in [1.165, 1.54) is 19.2 Å². The highest BCUT2D eigenvalue weighted by molar-refractivity contribution is 5.88. The minimum atomic E-state index is -8.11. The zero-order chi connectivity index (χ0) is 27.0. The summed E-state index contributed by atoms with van der Waals surface area (Å²) in [5, 5.41) is 2.70. The quantitative estimate of drug-likeness (QED) is 0.283. The molecular weight excluding hydrogens is 515 g/mol. The van der Waals surface area contributed by atoms with Crippen LogP contribution in [0, 0.1) is 0 Å². The third-order valence-electron chi connectivity index (χ3n) is 4.03. The van der Waals surface area contributed by atoms with Crippen molar-refractivity contribution in [3.63, 3.8) is 0 Å². The number of alkyl halides is 13. The number of carbonyl (C=O) groups is 1. The van der Waals surface area contributed by atoms with Crippen molar-refractivity contribution >= 4 is 12.1 Å². The van der Waals surface area contributed by atoms with Crippen LogP contribution in [0.1, 0.15) is 5.56 Å². The van der Waals surface area contributed by atoms with Crippen molar-refractivity contribution in [1.82, 2.24) is 5.43 Å². The van der Waals surface area contributed by atoms with Gasteiger partial charge in [0.1, 0.15) is 11.5 Å². The van der Waals surface area contributed by atoms with E-state index in [1.807, 2.05) is 0 Å². The molecule has 0 saturated carbocycles. The fraction of sp³-hybridized carbons (Fsp3) is 0.500. The van der Waals surface area contributed by atoms with E-state index in [0.29, 0.717) is 11.6 Å². The van der Waals surface area contributed by atoms with Crippen LogP contribution in [-0.2, 0) is 4.79 Å². The molecule has 0 atom stereocenters. The predicted octanol–water partition coefficient (Wildman–Crippen LogP) is 4.89. The molecule has 1 N–H and O–H groups in total. The van der Waals surface area contributed by atoms with Gasteiger partial charge in [-0.1, -0.05) is 0 Å². The zero-order valence-electron chi connectivity index (χ0n) is 16.4. The van der Waals surface area contributed by atoms with E-state index in [-0.39, 0.29) is 17.1 Å². The maximum Gasteiger partial charge on any atom is 0.460 e. The molecule has 1 aromatic rings. The van der Waals surface area contributed by atoms with Gasteiger partial charge < -0.3 is 9.47 Å². The fourth-order valence-electron chi connectivity index (χ4n) is 2.08. The first-order valence-corrected chi connectivity index (χ1v) is 8.14. The largest absolute Gasteiger partial charge is 0.497 e. The van der Waals surface area contributed by atoms with Crippen LogP contribution in [0.4, 0.5) is 57.1 Å². The molecule has 0 heterocycles. The van der Waals surface area contributed by atoms with Crippen LogP contribution >= 0.6 is 0 Å². The third kappa shape index (κ3) is 4.53. The first kappa shape index (κ1) is 29.1. The molecule has 1 amide bonds. The molecule has 0 bridgehead atoms. The Morgan fingerprint density at radius 3 is 1.74 bits per heavy atom. The molecule has 0 spiro atoms. The predicted molar refractivity (Wildman–Crippen MR) is 86.1 cm³/mol. The minimum Gasteiger partial charge on any atom is -0.497 e. The Labute approximate surface area is 180 Å². The number of amides is 1. The van der Waals surface area contributed by atoms with Crippen molar-refractivity contribution in [2.24, 2.45) is 5.10 Å². The lowest BCUT2D eigenvalue weighted by Gasteiger charge is -2.38. The number of hydrogen-bond donors (Lipinski definition) is 1. The second kappa shape index (κ2) is 9.01. The normalized spacial score (nSPS) is 14.3. The molecule has 0 aliphatic rings. The van der Waals surface area contributed by atoms with E-state index in [0.717, 1.165) is 13.2 Å². The number of hydrazone groups is 1. The Balaban J connectivity index is 3.29. The second-order valence-corrected chi connectivity index (χ2v) is 6.18. The van der Waals surface area contributed by atoms with Gasteiger partial charge in [-0.25, -0.2) is 5.43 Å². The molecule has 0 aliphatic carbocycles. The van der Waals surface area contributed by atoms with Gasteiger partial charge in [0.15, 0.2) is 0 Å². The molecule has 5 nitrogen and oxygen atoms in total. The van der Waals surface area contributed by atoms with Gasteiger partial charge >= 0.3 is 41.7 Å². The Kier molecular flexibility index (Phi) is 7.71. The molecule has 34 heavy (non-hydrogen) atoms. The van der Waals surface area contributed by atoms with Crippen LogP contribution in [0.5, 0.6) is 11.5 Å². The van der Waals surface area contributed by atoms with Crippen LogP contribution in [0.3, 0.4) is 0 Å². The van der Waals surface area contributed by atoms with Gasteiger partial charge in [-0.3, -0.25) is 4.79 Å². The van der Waals surface area contributed by atoms with Crippen molar-refractivity contribution in [1.29, 1.82) is 0 Å². The highest BCUT2D eigenvalue weighted by Crippen LogP contribution is 2.60. The smallest absolute Gasteiger partial charge is 0.460 e. The maximum atomic E-state index is 13.7. The Bertz CT molecular complexity index is 929. The summed E-state index contributed by atoms with van der Waals surface area (Å²) in [5.41, 5.74) is 0.380. The number of ether oxygens (including phenoxy) is 2. The molecule has 1 aromatic carbocycles. The Morgan fingerprint density at radius 2 is 1.29 bits per heavy atom. The summed E-state index contributed by atoms with van der Waals surface area (Å²) in [6, 6.07) is 3.59. The number of methoxy groups -OCH3 is 2. The summed E-state index contributed by atoms with van der Waals surface area (Å²) in [6.07, 6.45) is -7.13. The Hall–Kier alpha value is -2.95. The lowest BCUT2D eigenvalue weighted by molar-refractivity contribution is -0.436. The van der Waals surface area contributed by atoms with Gasteiger partial charge in [0, 0.05) is 5.56 Å². The average molecular weight is 526 g/mol. The first-order valence-electron chi connectivity index (χ1n) is 8.14. The van der Waals surface area contributed by atoms with Crippen molar-refractivity contribution in [2.75, 3.05) is 14.2 Å². The average Bonchev–Trinajstić information content (AvgIpc) is 2.71. The molecule has 194 valence electrons. The molecule has 0 aromatic heterocycles. The van der Waals surface area contributed by atoms with Gasteiger partial charge in [-0.15, -0.1) is 0 Å². The molecule has 0 saturated heterocycles. The molecule has 0 radical (unpaired) electrons. The number of carbonyl (C=O) groups excluding carboxylic acids is 1. The highest BCUT2D eigenvalue weighted by atomic mass is 19.4. The molecular formula is C16H11F13N2O3. The molecule has 0 fully saturated rings. The van der Waals surface area contributed by atoms with Crippen LogP contribution in [0.15, 0.2) is 23.3 Å². The van der Waals surface area contributed by atoms with Crippen LogP contribution in [0.25, 0.3) is 0 Å². The molecule has 0 unspecified atom stereocenters. The summed E-state index contributed by atoms with van der Waals surface area (Å²) in [6.45, 7) is 0. The number of nitrogens with zero attached hydrogens (tertiary/aromatic N) is 1. The summed E-state index contributed by atoms with van der Waals surface area (Å²) in [7, 11) is 2.26. The highest BCUT2D eigenvalue weighted by Gasteiger charge is 2.91. The Morgan fingerprint density at radius 1 is 0.794 bits per heavy atom. The second-order valence-electron chi connectivity index (χ2n) is 6.18.